The third-order valence-electron chi connectivity index (χ3n) is 2.42. The Bertz CT molecular complexity index is 446. The Morgan fingerprint density at radius 3 is 2.71 bits per heavy atom. The minimum absolute atomic E-state index is 0.162. The van der Waals surface area contributed by atoms with Gasteiger partial charge in [-0.05, 0) is 24.6 Å². The number of ether oxygens (including phenoxy) is 1. The van der Waals surface area contributed by atoms with Gasteiger partial charge in [0.1, 0.15) is 11.5 Å². The van der Waals surface area contributed by atoms with Crippen molar-refractivity contribution in [3.05, 3.63) is 29.3 Å². The fourth-order valence-corrected chi connectivity index (χ4v) is 1.68. The van der Waals surface area contributed by atoms with Crippen molar-refractivity contribution < 1.29 is 9.53 Å². The fourth-order valence-electron chi connectivity index (χ4n) is 1.51. The number of carbonyl (C=O) groups excluding carboxylic acids is 1. The molecule has 4 nitrogen and oxygen atoms in total. The smallest absolute Gasteiger partial charge is 0.325 e. The third kappa shape index (κ3) is 3.42. The van der Waals surface area contributed by atoms with E-state index in [2.05, 4.69) is 4.74 Å². The van der Waals surface area contributed by atoms with E-state index in [1.54, 1.807) is 11.9 Å². The number of esters is 1. The van der Waals surface area contributed by atoms with Crippen molar-refractivity contribution in [3.8, 4) is 0 Å². The van der Waals surface area contributed by atoms with Crippen LogP contribution in [0.5, 0.6) is 0 Å². The molecule has 0 bridgehead atoms. The van der Waals surface area contributed by atoms with Gasteiger partial charge in [0.15, 0.2) is 0 Å². The molecule has 0 heterocycles. The van der Waals surface area contributed by atoms with Crippen molar-refractivity contribution in [2.75, 3.05) is 25.6 Å². The topological polar surface area (TPSA) is 55.6 Å². The normalized spacial score (nSPS) is 9.82. The molecule has 0 aliphatic heterocycles. The van der Waals surface area contributed by atoms with Gasteiger partial charge in [-0.2, -0.15) is 0 Å². The average molecular weight is 252 g/mol. The molecule has 92 valence electrons. The lowest BCUT2D eigenvalue weighted by Crippen LogP contribution is -2.28. The molecule has 5 heteroatoms. The number of nitrogens with zero attached hydrogens (tertiary/aromatic N) is 1. The maximum atomic E-state index is 11.2. The van der Waals surface area contributed by atoms with Gasteiger partial charge < -0.3 is 15.4 Å². The van der Waals surface area contributed by atoms with Crippen molar-refractivity contribution in [2.45, 2.75) is 6.92 Å². The van der Waals surface area contributed by atoms with E-state index in [-0.39, 0.29) is 12.5 Å². The molecule has 0 unspecified atom stereocenters. The summed E-state index contributed by atoms with van der Waals surface area (Å²) in [5.41, 5.74) is 8.33. The molecule has 0 aliphatic carbocycles. The Morgan fingerprint density at radius 2 is 2.18 bits per heavy atom. The summed E-state index contributed by atoms with van der Waals surface area (Å²) in [6.45, 7) is 2.13. The monoisotopic (exact) mass is 252 g/mol. The third-order valence-corrected chi connectivity index (χ3v) is 2.64. The first-order valence-electron chi connectivity index (χ1n) is 5.14. The van der Waals surface area contributed by atoms with E-state index < -0.39 is 0 Å². The van der Waals surface area contributed by atoms with Crippen LogP contribution in [0.3, 0.4) is 0 Å². The van der Waals surface area contributed by atoms with Gasteiger partial charge in [-0.1, -0.05) is 18.3 Å². The molecule has 1 aromatic rings. The van der Waals surface area contributed by atoms with E-state index in [0.29, 0.717) is 4.99 Å². The Kier molecular flexibility index (Phi) is 4.45. The zero-order chi connectivity index (χ0) is 13.0. The standard InChI is InChI=1S/C12H16N2O2S/c1-8-4-5-9(12(13)17)10(6-8)14(2)7-11(15)16-3/h4-6H,7H2,1-3H3,(H2,13,17). The lowest BCUT2D eigenvalue weighted by atomic mass is 10.1. The zero-order valence-corrected chi connectivity index (χ0v) is 11.0. The number of hydrogen-bond donors (Lipinski definition) is 1. The van der Waals surface area contributed by atoms with Crippen LogP contribution in [-0.2, 0) is 9.53 Å². The van der Waals surface area contributed by atoms with Gasteiger partial charge in [0.05, 0.1) is 7.11 Å². The number of thiocarbonyl (C=S) groups is 1. The van der Waals surface area contributed by atoms with Crippen LogP contribution in [0.15, 0.2) is 18.2 Å². The van der Waals surface area contributed by atoms with Gasteiger partial charge >= 0.3 is 5.97 Å². The number of hydrogen-bond acceptors (Lipinski definition) is 4. The molecule has 0 spiro atoms. The lowest BCUT2D eigenvalue weighted by Gasteiger charge is -2.21. The second-order valence-electron chi connectivity index (χ2n) is 3.82. The van der Waals surface area contributed by atoms with Gasteiger partial charge in [-0.15, -0.1) is 0 Å². The number of carbonyl (C=O) groups is 1. The van der Waals surface area contributed by atoms with Gasteiger partial charge in [-0.25, -0.2) is 0 Å². The first-order chi connectivity index (χ1) is 7.95. The average Bonchev–Trinajstić information content (AvgIpc) is 2.28. The number of anilines is 1. The van der Waals surface area contributed by atoms with Crippen LogP contribution < -0.4 is 10.6 Å². The van der Waals surface area contributed by atoms with Gasteiger partial charge in [0, 0.05) is 18.3 Å². The van der Waals surface area contributed by atoms with E-state index in [1.165, 1.54) is 7.11 Å². The molecular weight excluding hydrogens is 236 g/mol. The molecule has 0 radical (unpaired) electrons. The molecule has 0 aromatic heterocycles. The minimum Gasteiger partial charge on any atom is -0.468 e. The highest BCUT2D eigenvalue weighted by atomic mass is 32.1. The number of benzene rings is 1. The highest BCUT2D eigenvalue weighted by Crippen LogP contribution is 2.21. The van der Waals surface area contributed by atoms with E-state index in [0.717, 1.165) is 16.8 Å². The molecule has 1 aromatic carbocycles. The first-order valence-corrected chi connectivity index (χ1v) is 5.55. The van der Waals surface area contributed by atoms with Crippen molar-refractivity contribution in [3.63, 3.8) is 0 Å². The number of methoxy groups -OCH3 is 1. The number of rotatable bonds is 4. The molecule has 0 atom stereocenters. The second-order valence-corrected chi connectivity index (χ2v) is 4.26. The van der Waals surface area contributed by atoms with E-state index in [4.69, 9.17) is 18.0 Å². The first kappa shape index (κ1) is 13.4. The summed E-state index contributed by atoms with van der Waals surface area (Å²) in [4.78, 5) is 13.3. The van der Waals surface area contributed by atoms with Crippen LogP contribution in [0.2, 0.25) is 0 Å². The lowest BCUT2D eigenvalue weighted by molar-refractivity contribution is -0.138. The molecule has 0 aliphatic rings. The molecule has 2 N–H and O–H groups in total. The Balaban J connectivity index is 3.06. The summed E-state index contributed by atoms with van der Waals surface area (Å²) in [6.07, 6.45) is 0. The Morgan fingerprint density at radius 1 is 1.53 bits per heavy atom. The molecule has 0 saturated carbocycles. The van der Waals surface area contributed by atoms with E-state index in [9.17, 15) is 4.79 Å². The van der Waals surface area contributed by atoms with Crippen molar-refractivity contribution >= 4 is 28.9 Å². The maximum absolute atomic E-state index is 11.2. The van der Waals surface area contributed by atoms with Crippen molar-refractivity contribution in [2.24, 2.45) is 5.73 Å². The van der Waals surface area contributed by atoms with Gasteiger partial charge in [0.2, 0.25) is 0 Å². The largest absolute Gasteiger partial charge is 0.468 e. The van der Waals surface area contributed by atoms with Gasteiger partial charge in [0.25, 0.3) is 0 Å². The van der Waals surface area contributed by atoms with E-state index >= 15 is 0 Å². The molecule has 0 amide bonds. The van der Waals surface area contributed by atoms with Crippen molar-refractivity contribution in [1.82, 2.24) is 0 Å². The minimum atomic E-state index is -0.303. The predicted molar refractivity (Wildman–Crippen MR) is 72.4 cm³/mol. The van der Waals surface area contributed by atoms with Crippen LogP contribution in [0.1, 0.15) is 11.1 Å². The molecule has 1 rings (SSSR count). The highest BCUT2D eigenvalue weighted by molar-refractivity contribution is 7.80. The van der Waals surface area contributed by atoms with Gasteiger partial charge in [-0.3, -0.25) is 4.79 Å². The maximum Gasteiger partial charge on any atom is 0.325 e. The quantitative estimate of drug-likeness (QED) is 0.645. The fraction of sp³-hybridized carbons (Fsp3) is 0.333. The number of nitrogens with two attached hydrogens (primary N) is 1. The van der Waals surface area contributed by atoms with E-state index in [1.807, 2.05) is 25.1 Å². The Hall–Kier alpha value is -1.62. The molecular formula is C12H16N2O2S. The summed E-state index contributed by atoms with van der Waals surface area (Å²) in [5, 5.41) is 0. The highest BCUT2D eigenvalue weighted by Gasteiger charge is 2.13. The zero-order valence-electron chi connectivity index (χ0n) is 10.2. The predicted octanol–water partition coefficient (Wildman–Crippen LogP) is 1.24. The number of likely N-dealkylation sites (N-methyl/N-ethyl adjacent to an activating group) is 1. The van der Waals surface area contributed by atoms with Crippen LogP contribution in [0.4, 0.5) is 5.69 Å². The van der Waals surface area contributed by atoms with Crippen LogP contribution in [0.25, 0.3) is 0 Å². The summed E-state index contributed by atoms with van der Waals surface area (Å²) in [7, 11) is 3.16. The number of aryl methyl sites for hydroxylation is 1. The summed E-state index contributed by atoms with van der Waals surface area (Å²) in [5.74, 6) is -0.303. The van der Waals surface area contributed by atoms with Crippen molar-refractivity contribution in [1.29, 1.82) is 0 Å². The van der Waals surface area contributed by atoms with Crippen LogP contribution in [-0.4, -0.2) is 31.7 Å². The summed E-state index contributed by atoms with van der Waals surface area (Å²) < 4.78 is 4.63. The summed E-state index contributed by atoms with van der Waals surface area (Å²) in [6, 6.07) is 5.74. The molecule has 17 heavy (non-hydrogen) atoms. The second kappa shape index (κ2) is 5.63. The summed E-state index contributed by atoms with van der Waals surface area (Å²) >= 11 is 4.99. The van der Waals surface area contributed by atoms with Crippen LogP contribution in [0, 0.1) is 6.92 Å². The molecule has 0 saturated heterocycles. The van der Waals surface area contributed by atoms with Crippen LogP contribution >= 0.6 is 12.2 Å². The SMILES string of the molecule is COC(=O)CN(C)c1cc(C)ccc1C(N)=S. The Labute approximate surface area is 106 Å². The molecule has 0 fully saturated rings.